The van der Waals surface area contributed by atoms with Crippen molar-refractivity contribution in [1.29, 1.82) is 0 Å². The van der Waals surface area contributed by atoms with Gasteiger partial charge in [-0.1, -0.05) is 30.3 Å². The molecule has 0 spiro atoms. The van der Waals surface area contributed by atoms with Crippen molar-refractivity contribution in [3.05, 3.63) is 65.2 Å². The summed E-state index contributed by atoms with van der Waals surface area (Å²) in [5.41, 5.74) is 2.55. The zero-order chi connectivity index (χ0) is 19.9. The maximum absolute atomic E-state index is 12.3. The number of carbonyl (C=O) groups is 2. The van der Waals surface area contributed by atoms with Crippen molar-refractivity contribution in [2.24, 2.45) is 0 Å². The Bertz CT molecular complexity index is 819. The van der Waals surface area contributed by atoms with Crippen LogP contribution >= 0.6 is 23.5 Å². The predicted octanol–water partition coefficient (Wildman–Crippen LogP) is 3.99. The molecule has 0 saturated carbocycles. The first-order chi connectivity index (χ1) is 13.6. The summed E-state index contributed by atoms with van der Waals surface area (Å²) < 4.78 is 10.9. The van der Waals surface area contributed by atoms with Gasteiger partial charge in [0, 0.05) is 30.7 Å². The maximum Gasteiger partial charge on any atom is 0.338 e. The molecule has 148 valence electrons. The Morgan fingerprint density at radius 3 is 2.43 bits per heavy atom. The summed E-state index contributed by atoms with van der Waals surface area (Å²) in [6.45, 7) is 0.0897. The van der Waals surface area contributed by atoms with Crippen LogP contribution in [0.15, 0.2) is 48.5 Å². The molecule has 1 heterocycles. The lowest BCUT2D eigenvalue weighted by Gasteiger charge is -2.18. The molecule has 0 unspecified atom stereocenters. The van der Waals surface area contributed by atoms with Crippen molar-refractivity contribution in [3.63, 3.8) is 0 Å². The maximum atomic E-state index is 12.3. The van der Waals surface area contributed by atoms with Crippen molar-refractivity contribution < 1.29 is 19.1 Å². The lowest BCUT2D eigenvalue weighted by molar-refractivity contribution is -0.133. The highest BCUT2D eigenvalue weighted by molar-refractivity contribution is 8.19. The lowest BCUT2D eigenvalue weighted by atomic mass is 10.1. The summed E-state index contributed by atoms with van der Waals surface area (Å²) in [5.74, 6) is 2.28. The number of rotatable bonds is 7. The highest BCUT2D eigenvalue weighted by Gasteiger charge is 2.19. The van der Waals surface area contributed by atoms with Crippen LogP contribution in [0.25, 0.3) is 0 Å². The average Bonchev–Trinajstić information content (AvgIpc) is 3.27. The highest BCUT2D eigenvalue weighted by atomic mass is 32.2. The molecule has 1 aliphatic heterocycles. The molecule has 28 heavy (non-hydrogen) atoms. The van der Waals surface area contributed by atoms with Crippen LogP contribution in [0.4, 0.5) is 0 Å². The van der Waals surface area contributed by atoms with Crippen LogP contribution in [-0.2, 0) is 16.1 Å². The minimum absolute atomic E-state index is 0.269. The van der Waals surface area contributed by atoms with Gasteiger partial charge in [0.15, 0.2) is 6.61 Å². The van der Waals surface area contributed by atoms with Gasteiger partial charge in [-0.2, -0.15) is 0 Å². The molecule has 1 aliphatic rings. The Morgan fingerprint density at radius 2 is 1.75 bits per heavy atom. The van der Waals surface area contributed by atoms with E-state index < -0.39 is 5.97 Å². The molecule has 0 atom stereocenters. The summed E-state index contributed by atoms with van der Waals surface area (Å²) in [4.78, 5) is 26.1. The summed E-state index contributed by atoms with van der Waals surface area (Å²) in [6, 6.07) is 15.0. The number of likely N-dealkylation sites (N-methyl/N-ethyl adjacent to an activating group) is 1. The number of ether oxygens (including phenoxy) is 2. The van der Waals surface area contributed by atoms with E-state index in [9.17, 15) is 9.59 Å². The van der Waals surface area contributed by atoms with Gasteiger partial charge in [-0.3, -0.25) is 4.79 Å². The van der Waals surface area contributed by atoms with Crippen LogP contribution in [0.2, 0.25) is 0 Å². The second kappa shape index (κ2) is 9.89. The van der Waals surface area contributed by atoms with Crippen molar-refractivity contribution in [2.45, 2.75) is 11.1 Å². The fraction of sp³-hybridized carbons (Fsp3) is 0.333. The number of hydrogen-bond donors (Lipinski definition) is 0. The van der Waals surface area contributed by atoms with Gasteiger partial charge in [0.25, 0.3) is 5.91 Å². The molecule has 7 heteroatoms. The second-order valence-corrected chi connectivity index (χ2v) is 9.06. The smallest absolute Gasteiger partial charge is 0.338 e. The number of para-hydroxylation sites is 1. The lowest BCUT2D eigenvalue weighted by Crippen LogP contribution is -2.31. The topological polar surface area (TPSA) is 55.8 Å². The quantitative estimate of drug-likeness (QED) is 0.635. The first-order valence-corrected chi connectivity index (χ1v) is 11.0. The minimum atomic E-state index is -0.489. The van der Waals surface area contributed by atoms with Gasteiger partial charge in [-0.05, 0) is 23.8 Å². The minimum Gasteiger partial charge on any atom is -0.496 e. The molecule has 1 saturated heterocycles. The zero-order valence-corrected chi connectivity index (χ0v) is 17.6. The van der Waals surface area contributed by atoms with Crippen LogP contribution in [-0.4, -0.2) is 49.0 Å². The number of esters is 1. The number of amides is 1. The Labute approximate surface area is 173 Å². The summed E-state index contributed by atoms with van der Waals surface area (Å²) in [5, 5.41) is 0. The molecular formula is C21H23NO4S2. The predicted molar refractivity (Wildman–Crippen MR) is 114 cm³/mol. The first kappa shape index (κ1) is 20.6. The summed E-state index contributed by atoms with van der Waals surface area (Å²) >= 11 is 3.84. The third kappa shape index (κ3) is 5.23. The van der Waals surface area contributed by atoms with E-state index in [-0.39, 0.29) is 12.5 Å². The van der Waals surface area contributed by atoms with E-state index in [1.165, 1.54) is 10.5 Å². The molecule has 1 fully saturated rings. The SMILES string of the molecule is COc1ccccc1CN(C)C(=O)COC(=O)c1ccc(C2SCCS2)cc1. The fourth-order valence-electron chi connectivity index (χ4n) is 2.83. The highest BCUT2D eigenvalue weighted by Crippen LogP contribution is 2.45. The van der Waals surface area contributed by atoms with Gasteiger partial charge in [-0.15, -0.1) is 23.5 Å². The molecule has 0 bridgehead atoms. The van der Waals surface area contributed by atoms with Gasteiger partial charge >= 0.3 is 5.97 Å². The van der Waals surface area contributed by atoms with E-state index >= 15 is 0 Å². The van der Waals surface area contributed by atoms with Crippen LogP contribution < -0.4 is 4.74 Å². The summed E-state index contributed by atoms with van der Waals surface area (Å²) in [7, 11) is 3.27. The normalized spacial score (nSPS) is 13.9. The van der Waals surface area contributed by atoms with E-state index in [1.807, 2.05) is 59.9 Å². The molecule has 0 N–H and O–H groups in total. The number of carbonyl (C=O) groups excluding carboxylic acids is 2. The molecule has 3 rings (SSSR count). The van der Waals surface area contributed by atoms with E-state index in [0.29, 0.717) is 16.7 Å². The van der Waals surface area contributed by atoms with Crippen molar-refractivity contribution in [2.75, 3.05) is 32.3 Å². The standard InChI is InChI=1S/C21H23NO4S2/c1-22(13-17-5-3-4-6-18(17)25-2)19(23)14-26-20(24)15-7-9-16(10-8-15)21-27-11-12-28-21/h3-10,21H,11-14H2,1-2H3. The number of hydrogen-bond acceptors (Lipinski definition) is 6. The van der Waals surface area contributed by atoms with Crippen molar-refractivity contribution >= 4 is 35.4 Å². The van der Waals surface area contributed by atoms with E-state index in [4.69, 9.17) is 9.47 Å². The van der Waals surface area contributed by atoms with Crippen LogP contribution in [0.1, 0.15) is 26.1 Å². The molecule has 2 aromatic rings. The van der Waals surface area contributed by atoms with E-state index in [0.717, 1.165) is 22.8 Å². The first-order valence-electron chi connectivity index (χ1n) is 8.94. The second-order valence-electron chi connectivity index (χ2n) is 6.33. The van der Waals surface area contributed by atoms with E-state index in [1.54, 1.807) is 26.3 Å². The number of benzene rings is 2. The molecular weight excluding hydrogens is 394 g/mol. The van der Waals surface area contributed by atoms with Crippen LogP contribution in [0.3, 0.4) is 0 Å². The zero-order valence-electron chi connectivity index (χ0n) is 15.9. The van der Waals surface area contributed by atoms with Crippen molar-refractivity contribution in [3.8, 4) is 5.75 Å². The van der Waals surface area contributed by atoms with Crippen molar-refractivity contribution in [1.82, 2.24) is 4.90 Å². The third-order valence-corrected chi connectivity index (χ3v) is 7.50. The van der Waals surface area contributed by atoms with Crippen LogP contribution in [0.5, 0.6) is 5.75 Å². The Kier molecular flexibility index (Phi) is 7.28. The summed E-state index contributed by atoms with van der Waals surface area (Å²) in [6.07, 6.45) is 0. The van der Waals surface area contributed by atoms with Gasteiger partial charge in [0.1, 0.15) is 5.75 Å². The molecule has 5 nitrogen and oxygen atoms in total. The number of methoxy groups -OCH3 is 1. The molecule has 0 radical (unpaired) electrons. The molecule has 0 aliphatic carbocycles. The largest absolute Gasteiger partial charge is 0.496 e. The molecule has 1 amide bonds. The fourth-order valence-corrected chi connectivity index (χ4v) is 5.68. The molecule has 0 aromatic heterocycles. The Morgan fingerprint density at radius 1 is 1.07 bits per heavy atom. The Balaban J connectivity index is 1.51. The monoisotopic (exact) mass is 417 g/mol. The number of nitrogens with zero attached hydrogens (tertiary/aromatic N) is 1. The Hall–Kier alpha value is -2.12. The average molecular weight is 418 g/mol. The van der Waals surface area contributed by atoms with Crippen LogP contribution in [0, 0.1) is 0 Å². The number of thioether (sulfide) groups is 2. The van der Waals surface area contributed by atoms with Gasteiger partial charge in [0.05, 0.1) is 17.3 Å². The van der Waals surface area contributed by atoms with Gasteiger partial charge < -0.3 is 14.4 Å². The third-order valence-electron chi connectivity index (χ3n) is 4.39. The van der Waals surface area contributed by atoms with Gasteiger partial charge in [0.2, 0.25) is 0 Å². The van der Waals surface area contributed by atoms with E-state index in [2.05, 4.69) is 0 Å². The van der Waals surface area contributed by atoms with Gasteiger partial charge in [-0.25, -0.2) is 4.79 Å². The molecule has 2 aromatic carbocycles.